The lowest BCUT2D eigenvalue weighted by atomic mass is 10.1. The molecule has 2 aromatic heterocycles. The summed E-state index contributed by atoms with van der Waals surface area (Å²) in [7, 11) is 1.84. The Labute approximate surface area is 150 Å². The fraction of sp³-hybridized carbons (Fsp3) is 0.500. The molecule has 134 valence electrons. The van der Waals surface area contributed by atoms with Crippen LogP contribution in [-0.2, 0) is 13.6 Å². The number of amides is 1. The van der Waals surface area contributed by atoms with Gasteiger partial charge in [-0.1, -0.05) is 10.4 Å². The number of fused-ring (bicyclic) bond motifs is 1. The van der Waals surface area contributed by atoms with Crippen molar-refractivity contribution < 1.29 is 4.79 Å². The third-order valence-electron chi connectivity index (χ3n) is 5.45. The monoisotopic (exact) mass is 351 g/mol. The number of aryl methyl sites for hydroxylation is 1. The minimum Gasteiger partial charge on any atom is -0.334 e. The van der Waals surface area contributed by atoms with Gasteiger partial charge in [0, 0.05) is 31.3 Å². The van der Waals surface area contributed by atoms with Gasteiger partial charge in [0.15, 0.2) is 0 Å². The summed E-state index contributed by atoms with van der Waals surface area (Å²) >= 11 is 0. The van der Waals surface area contributed by atoms with Crippen molar-refractivity contribution in [3.63, 3.8) is 0 Å². The van der Waals surface area contributed by atoms with Crippen molar-refractivity contribution in [2.24, 2.45) is 7.05 Å². The topological polar surface area (TPSA) is 81.7 Å². The van der Waals surface area contributed by atoms with Crippen molar-refractivity contribution in [1.29, 1.82) is 0 Å². The molecule has 1 amide bonds. The van der Waals surface area contributed by atoms with E-state index in [0.717, 1.165) is 36.1 Å². The van der Waals surface area contributed by atoms with E-state index in [1.807, 2.05) is 41.0 Å². The van der Waals surface area contributed by atoms with E-state index in [9.17, 15) is 4.79 Å². The molecule has 1 aliphatic heterocycles. The molecule has 8 heteroatoms. The summed E-state index contributed by atoms with van der Waals surface area (Å²) in [6.45, 7) is 1.50. The number of carbonyl (C=O) groups excluding carboxylic acids is 1. The third-order valence-corrected chi connectivity index (χ3v) is 5.45. The van der Waals surface area contributed by atoms with Crippen LogP contribution in [0.2, 0.25) is 0 Å². The van der Waals surface area contributed by atoms with Crippen LogP contribution in [0.4, 0.5) is 0 Å². The van der Waals surface area contributed by atoms with Crippen molar-refractivity contribution in [3.05, 3.63) is 35.7 Å². The Morgan fingerprint density at radius 2 is 2.08 bits per heavy atom. The Morgan fingerprint density at radius 1 is 1.19 bits per heavy atom. The van der Waals surface area contributed by atoms with Gasteiger partial charge in [-0.25, -0.2) is 4.68 Å². The van der Waals surface area contributed by atoms with Gasteiger partial charge in [-0.2, -0.15) is 0 Å². The van der Waals surface area contributed by atoms with Crippen molar-refractivity contribution in [2.75, 3.05) is 6.54 Å². The van der Waals surface area contributed by atoms with Gasteiger partial charge in [0.25, 0.3) is 5.91 Å². The second-order valence-electron chi connectivity index (χ2n) is 7.35. The highest BCUT2D eigenvalue weighted by molar-refractivity contribution is 5.97. The van der Waals surface area contributed by atoms with Crippen molar-refractivity contribution in [2.45, 2.75) is 44.2 Å². The molecule has 1 aromatic carbocycles. The molecule has 1 saturated heterocycles. The van der Waals surface area contributed by atoms with Crippen LogP contribution in [0.15, 0.2) is 24.4 Å². The first-order valence-corrected chi connectivity index (χ1v) is 9.19. The number of nitrogens with zero attached hydrogens (tertiary/aromatic N) is 7. The van der Waals surface area contributed by atoms with E-state index in [1.54, 1.807) is 4.68 Å². The maximum absolute atomic E-state index is 13.1. The standard InChI is InChI=1S/C18H21N7O/c1-23-17-9-13(6-7-15(17)19-21-23)18(26)25-8-2-3-14(25)10-24-11-16(20-22-24)12-4-5-12/h6-7,9,11-12,14H,2-5,8,10H2,1H3/t14-/m0/s1. The third kappa shape index (κ3) is 2.65. The van der Waals surface area contributed by atoms with Gasteiger partial charge in [-0.15, -0.1) is 10.2 Å². The highest BCUT2D eigenvalue weighted by Crippen LogP contribution is 2.38. The van der Waals surface area contributed by atoms with Gasteiger partial charge in [0.1, 0.15) is 5.52 Å². The van der Waals surface area contributed by atoms with Gasteiger partial charge < -0.3 is 4.90 Å². The molecule has 3 heterocycles. The predicted molar refractivity (Wildman–Crippen MR) is 94.6 cm³/mol. The summed E-state index contributed by atoms with van der Waals surface area (Å²) in [5, 5.41) is 16.6. The van der Waals surface area contributed by atoms with Crippen LogP contribution >= 0.6 is 0 Å². The molecule has 5 rings (SSSR count). The molecule has 1 atom stereocenters. The van der Waals surface area contributed by atoms with Crippen LogP contribution < -0.4 is 0 Å². The molecule has 0 bridgehead atoms. The molecule has 0 N–H and O–H groups in total. The molecule has 0 unspecified atom stereocenters. The zero-order valence-corrected chi connectivity index (χ0v) is 14.7. The number of rotatable bonds is 4. The van der Waals surface area contributed by atoms with Gasteiger partial charge in [0.2, 0.25) is 0 Å². The first kappa shape index (κ1) is 15.5. The van der Waals surface area contributed by atoms with Crippen LogP contribution in [0.5, 0.6) is 0 Å². The van der Waals surface area contributed by atoms with Gasteiger partial charge in [0.05, 0.1) is 23.8 Å². The van der Waals surface area contributed by atoms with Crippen molar-refractivity contribution in [3.8, 4) is 0 Å². The Hall–Kier alpha value is -2.77. The average molecular weight is 351 g/mol. The summed E-state index contributed by atoms with van der Waals surface area (Å²) in [4.78, 5) is 15.1. The fourth-order valence-corrected chi connectivity index (χ4v) is 3.81. The van der Waals surface area contributed by atoms with Crippen LogP contribution in [0.1, 0.15) is 47.7 Å². The highest BCUT2D eigenvalue weighted by Gasteiger charge is 2.31. The number of benzene rings is 1. The molecule has 8 nitrogen and oxygen atoms in total. The van der Waals surface area contributed by atoms with E-state index in [2.05, 4.69) is 20.6 Å². The molecule has 3 aromatic rings. The number of hydrogen-bond acceptors (Lipinski definition) is 5. The summed E-state index contributed by atoms with van der Waals surface area (Å²) in [6, 6.07) is 5.75. The minimum absolute atomic E-state index is 0.0677. The van der Waals surface area contributed by atoms with Gasteiger partial charge in [-0.05, 0) is 43.9 Å². The van der Waals surface area contributed by atoms with E-state index in [-0.39, 0.29) is 11.9 Å². The van der Waals surface area contributed by atoms with E-state index in [1.165, 1.54) is 12.8 Å². The average Bonchev–Trinajstić information content (AvgIpc) is 3.05. The van der Waals surface area contributed by atoms with E-state index in [4.69, 9.17) is 0 Å². The highest BCUT2D eigenvalue weighted by atomic mass is 16.2. The summed E-state index contributed by atoms with van der Waals surface area (Å²) in [5.41, 5.74) is 3.45. The molecule has 26 heavy (non-hydrogen) atoms. The molecule has 2 aliphatic rings. The Bertz CT molecular complexity index is 971. The van der Waals surface area contributed by atoms with Crippen molar-refractivity contribution >= 4 is 16.9 Å². The molecule has 1 aliphatic carbocycles. The first-order valence-electron chi connectivity index (χ1n) is 9.19. The lowest BCUT2D eigenvalue weighted by molar-refractivity contribution is 0.0721. The number of aromatic nitrogens is 6. The van der Waals surface area contributed by atoms with Crippen LogP contribution in [0, 0.1) is 0 Å². The van der Waals surface area contributed by atoms with E-state index >= 15 is 0 Å². The predicted octanol–water partition coefficient (Wildman–Crippen LogP) is 1.74. The molecular formula is C18H21N7O. The van der Waals surface area contributed by atoms with Gasteiger partial charge in [-0.3, -0.25) is 9.48 Å². The second-order valence-corrected chi connectivity index (χ2v) is 7.35. The number of carbonyl (C=O) groups is 1. The molecule has 0 spiro atoms. The molecule has 1 saturated carbocycles. The second kappa shape index (κ2) is 5.89. The van der Waals surface area contributed by atoms with Crippen LogP contribution in [-0.4, -0.2) is 53.4 Å². The summed E-state index contributed by atoms with van der Waals surface area (Å²) < 4.78 is 3.60. The minimum atomic E-state index is 0.0677. The Balaban J connectivity index is 1.36. The molecular weight excluding hydrogens is 330 g/mol. The van der Waals surface area contributed by atoms with E-state index < -0.39 is 0 Å². The molecule has 2 fully saturated rings. The normalized spacial score (nSPS) is 20.2. The zero-order valence-electron chi connectivity index (χ0n) is 14.7. The van der Waals surface area contributed by atoms with Crippen LogP contribution in [0.25, 0.3) is 11.0 Å². The van der Waals surface area contributed by atoms with E-state index in [0.29, 0.717) is 18.0 Å². The first-order chi connectivity index (χ1) is 12.7. The quantitative estimate of drug-likeness (QED) is 0.715. The molecule has 0 radical (unpaired) electrons. The smallest absolute Gasteiger partial charge is 0.254 e. The maximum atomic E-state index is 13.1. The zero-order chi connectivity index (χ0) is 17.7. The largest absolute Gasteiger partial charge is 0.334 e. The lowest BCUT2D eigenvalue weighted by Gasteiger charge is -2.24. The van der Waals surface area contributed by atoms with Crippen molar-refractivity contribution in [1.82, 2.24) is 34.9 Å². The SMILES string of the molecule is Cn1nnc2ccc(C(=O)N3CCC[C@H]3Cn3cc(C4CC4)nn3)cc21. The fourth-order valence-electron chi connectivity index (χ4n) is 3.81. The Morgan fingerprint density at radius 3 is 2.92 bits per heavy atom. The summed E-state index contributed by atoms with van der Waals surface area (Å²) in [5.74, 6) is 0.669. The van der Waals surface area contributed by atoms with Gasteiger partial charge >= 0.3 is 0 Å². The summed E-state index contributed by atoms with van der Waals surface area (Å²) in [6.07, 6.45) is 6.51. The maximum Gasteiger partial charge on any atom is 0.254 e. The van der Waals surface area contributed by atoms with Crippen LogP contribution in [0.3, 0.4) is 0 Å². The lowest BCUT2D eigenvalue weighted by Crippen LogP contribution is -2.38. The number of hydrogen-bond donors (Lipinski definition) is 0. The number of likely N-dealkylation sites (tertiary alicyclic amines) is 1. The Kier molecular flexibility index (Phi) is 3.51.